The number of rotatable bonds is 4. The summed E-state index contributed by atoms with van der Waals surface area (Å²) in [6, 6.07) is 1.80. The molecule has 0 radical (unpaired) electrons. The van der Waals surface area contributed by atoms with Crippen LogP contribution in [0.2, 0.25) is 0 Å². The first-order valence-corrected chi connectivity index (χ1v) is 7.19. The molecule has 104 valence electrons. The Hall–Kier alpha value is -1.69. The summed E-state index contributed by atoms with van der Waals surface area (Å²) in [5.74, 6) is -0.256. The SMILES string of the molecule is CC.CCOC(=O)Cc1ccn(-c2nc(C)cs2)n1. The summed E-state index contributed by atoms with van der Waals surface area (Å²) in [4.78, 5) is 15.6. The topological polar surface area (TPSA) is 57.0 Å². The molecule has 0 aromatic carbocycles. The smallest absolute Gasteiger partial charge is 0.311 e. The van der Waals surface area contributed by atoms with Gasteiger partial charge in [-0.3, -0.25) is 4.79 Å². The van der Waals surface area contributed by atoms with Crippen LogP contribution in [0.3, 0.4) is 0 Å². The Balaban J connectivity index is 0.000000861. The second kappa shape index (κ2) is 7.68. The van der Waals surface area contributed by atoms with Gasteiger partial charge in [-0.15, -0.1) is 11.3 Å². The molecule has 0 N–H and O–H groups in total. The normalized spacial score (nSPS) is 9.68. The maximum Gasteiger partial charge on any atom is 0.311 e. The zero-order valence-electron chi connectivity index (χ0n) is 11.7. The van der Waals surface area contributed by atoms with Crippen LogP contribution in [0.25, 0.3) is 5.13 Å². The highest BCUT2D eigenvalue weighted by atomic mass is 32.1. The molecule has 0 unspecified atom stereocenters. The van der Waals surface area contributed by atoms with Crippen molar-refractivity contribution >= 4 is 17.3 Å². The molecule has 6 heteroatoms. The van der Waals surface area contributed by atoms with Crippen molar-refractivity contribution in [2.75, 3.05) is 6.61 Å². The minimum Gasteiger partial charge on any atom is -0.466 e. The Bertz CT molecular complexity index is 519. The number of nitrogens with zero attached hydrogens (tertiary/aromatic N) is 3. The molecule has 0 bridgehead atoms. The van der Waals surface area contributed by atoms with Crippen LogP contribution in [0.4, 0.5) is 0 Å². The Morgan fingerprint density at radius 1 is 1.47 bits per heavy atom. The lowest BCUT2D eigenvalue weighted by Crippen LogP contribution is -2.08. The molecule has 2 aromatic heterocycles. The van der Waals surface area contributed by atoms with Gasteiger partial charge in [-0.05, 0) is 19.9 Å². The molecule has 0 aliphatic heterocycles. The van der Waals surface area contributed by atoms with Crippen LogP contribution in [0, 0.1) is 6.92 Å². The van der Waals surface area contributed by atoms with Crippen molar-refractivity contribution in [1.82, 2.24) is 14.8 Å². The Labute approximate surface area is 117 Å². The van der Waals surface area contributed by atoms with Gasteiger partial charge in [0.25, 0.3) is 0 Å². The molecule has 0 aliphatic rings. The van der Waals surface area contributed by atoms with Gasteiger partial charge in [0.1, 0.15) is 0 Å². The highest BCUT2D eigenvalue weighted by Crippen LogP contribution is 2.13. The standard InChI is InChI=1S/C11H13N3O2S.C2H6/c1-3-16-10(15)6-9-4-5-14(13-9)11-12-8(2)7-17-11;1-2/h4-5,7H,3,6H2,1-2H3;1-2H3. The highest BCUT2D eigenvalue weighted by molar-refractivity contribution is 7.12. The van der Waals surface area contributed by atoms with Crippen molar-refractivity contribution in [3.05, 3.63) is 29.0 Å². The van der Waals surface area contributed by atoms with Gasteiger partial charge in [0.2, 0.25) is 5.13 Å². The first-order valence-electron chi connectivity index (χ1n) is 6.31. The number of carbonyl (C=O) groups is 1. The zero-order chi connectivity index (χ0) is 14.3. The van der Waals surface area contributed by atoms with Crippen LogP contribution in [-0.2, 0) is 16.0 Å². The van der Waals surface area contributed by atoms with Gasteiger partial charge in [-0.25, -0.2) is 9.67 Å². The number of aromatic nitrogens is 3. The quantitative estimate of drug-likeness (QED) is 0.809. The summed E-state index contributed by atoms with van der Waals surface area (Å²) >= 11 is 1.52. The lowest BCUT2D eigenvalue weighted by Gasteiger charge is -1.98. The summed E-state index contributed by atoms with van der Waals surface area (Å²) in [6.45, 7) is 8.11. The number of hydrogen-bond acceptors (Lipinski definition) is 5. The van der Waals surface area contributed by atoms with Crippen LogP contribution in [0.15, 0.2) is 17.6 Å². The van der Waals surface area contributed by atoms with E-state index in [1.165, 1.54) is 11.3 Å². The second-order valence-electron chi connectivity index (χ2n) is 3.50. The summed E-state index contributed by atoms with van der Waals surface area (Å²) in [6.07, 6.45) is 2.00. The van der Waals surface area contributed by atoms with Crippen molar-refractivity contribution in [3.8, 4) is 5.13 Å². The third kappa shape index (κ3) is 4.48. The van der Waals surface area contributed by atoms with Crippen molar-refractivity contribution in [2.45, 2.75) is 34.1 Å². The van der Waals surface area contributed by atoms with E-state index in [2.05, 4.69) is 10.1 Å². The fourth-order valence-corrected chi connectivity index (χ4v) is 2.10. The summed E-state index contributed by atoms with van der Waals surface area (Å²) < 4.78 is 6.54. The van der Waals surface area contributed by atoms with Gasteiger partial charge in [0.05, 0.1) is 24.4 Å². The van der Waals surface area contributed by atoms with Gasteiger partial charge < -0.3 is 4.74 Å². The molecule has 0 spiro atoms. The molecule has 0 amide bonds. The largest absolute Gasteiger partial charge is 0.466 e. The van der Waals surface area contributed by atoms with E-state index in [4.69, 9.17) is 4.74 Å². The van der Waals surface area contributed by atoms with Crippen LogP contribution in [0.1, 0.15) is 32.2 Å². The minimum absolute atomic E-state index is 0.200. The van der Waals surface area contributed by atoms with Gasteiger partial charge in [-0.2, -0.15) is 5.10 Å². The van der Waals surface area contributed by atoms with Crippen LogP contribution >= 0.6 is 11.3 Å². The Morgan fingerprint density at radius 3 is 2.79 bits per heavy atom. The van der Waals surface area contributed by atoms with Gasteiger partial charge in [0.15, 0.2) is 0 Å². The third-order valence-electron chi connectivity index (χ3n) is 2.08. The van der Waals surface area contributed by atoms with Crippen LogP contribution in [0.5, 0.6) is 0 Å². The van der Waals surface area contributed by atoms with E-state index < -0.39 is 0 Å². The van der Waals surface area contributed by atoms with E-state index in [0.717, 1.165) is 10.8 Å². The molecule has 2 heterocycles. The molecule has 0 fully saturated rings. The van der Waals surface area contributed by atoms with Crippen LogP contribution < -0.4 is 0 Å². The fourth-order valence-electron chi connectivity index (χ4n) is 1.37. The molecule has 19 heavy (non-hydrogen) atoms. The number of carbonyl (C=O) groups excluding carboxylic acids is 1. The minimum atomic E-state index is -0.256. The van der Waals surface area contributed by atoms with Crippen molar-refractivity contribution in [1.29, 1.82) is 0 Å². The summed E-state index contributed by atoms with van der Waals surface area (Å²) in [7, 11) is 0. The predicted molar refractivity (Wildman–Crippen MR) is 75.7 cm³/mol. The third-order valence-corrected chi connectivity index (χ3v) is 3.03. The maximum absolute atomic E-state index is 11.3. The van der Waals surface area contributed by atoms with E-state index in [1.807, 2.05) is 26.2 Å². The summed E-state index contributed by atoms with van der Waals surface area (Å²) in [5.41, 5.74) is 1.66. The molecular formula is C13H19N3O2S. The number of hydrogen-bond donors (Lipinski definition) is 0. The molecular weight excluding hydrogens is 262 g/mol. The van der Waals surface area contributed by atoms with Gasteiger partial charge in [0, 0.05) is 11.6 Å². The van der Waals surface area contributed by atoms with Gasteiger partial charge >= 0.3 is 5.97 Å². The number of ether oxygens (including phenoxy) is 1. The van der Waals surface area contributed by atoms with E-state index >= 15 is 0 Å². The number of aryl methyl sites for hydroxylation is 1. The highest BCUT2D eigenvalue weighted by Gasteiger charge is 2.09. The number of thiazole rings is 1. The average molecular weight is 281 g/mol. The Morgan fingerprint density at radius 2 is 2.21 bits per heavy atom. The van der Waals surface area contributed by atoms with Crippen LogP contribution in [-0.4, -0.2) is 27.3 Å². The predicted octanol–water partition coefficient (Wildman–Crippen LogP) is 2.77. The lowest BCUT2D eigenvalue weighted by atomic mass is 10.3. The fraction of sp³-hybridized carbons (Fsp3) is 0.462. The van der Waals surface area contributed by atoms with Crippen molar-refractivity contribution < 1.29 is 9.53 Å². The molecule has 0 saturated heterocycles. The molecule has 2 rings (SSSR count). The van der Waals surface area contributed by atoms with Gasteiger partial charge in [-0.1, -0.05) is 13.8 Å². The molecule has 0 atom stereocenters. The molecule has 2 aromatic rings. The lowest BCUT2D eigenvalue weighted by molar-refractivity contribution is -0.142. The van der Waals surface area contributed by atoms with E-state index in [9.17, 15) is 4.79 Å². The molecule has 0 saturated carbocycles. The average Bonchev–Trinajstić information content (AvgIpc) is 3.01. The maximum atomic E-state index is 11.3. The van der Waals surface area contributed by atoms with E-state index in [0.29, 0.717) is 12.3 Å². The van der Waals surface area contributed by atoms with Crippen molar-refractivity contribution in [2.24, 2.45) is 0 Å². The second-order valence-corrected chi connectivity index (χ2v) is 4.34. The first-order chi connectivity index (χ1) is 9.19. The number of esters is 1. The van der Waals surface area contributed by atoms with Crippen molar-refractivity contribution in [3.63, 3.8) is 0 Å². The zero-order valence-corrected chi connectivity index (χ0v) is 12.5. The van der Waals surface area contributed by atoms with E-state index in [1.54, 1.807) is 23.9 Å². The Kier molecular flexibility index (Phi) is 6.21. The molecule has 5 nitrogen and oxygen atoms in total. The first kappa shape index (κ1) is 15.4. The van der Waals surface area contributed by atoms with E-state index in [-0.39, 0.29) is 12.4 Å². The monoisotopic (exact) mass is 281 g/mol. The molecule has 0 aliphatic carbocycles. The summed E-state index contributed by atoms with van der Waals surface area (Å²) in [5, 5.41) is 7.04.